The summed E-state index contributed by atoms with van der Waals surface area (Å²) in [7, 11) is -1.15. The Hall–Kier alpha value is -2.65. The summed E-state index contributed by atoms with van der Waals surface area (Å²) >= 11 is 0. The highest BCUT2D eigenvalue weighted by molar-refractivity contribution is 6.62. The summed E-state index contributed by atoms with van der Waals surface area (Å²) in [6.07, 6.45) is 3.09. The van der Waals surface area contributed by atoms with E-state index in [-0.39, 0.29) is 13.2 Å². The summed E-state index contributed by atoms with van der Waals surface area (Å²) < 4.78 is 30.2. The highest BCUT2D eigenvalue weighted by Gasteiger charge is 2.53. The Morgan fingerprint density at radius 1 is 0.868 bits per heavy atom. The zero-order chi connectivity index (χ0) is 27.8. The number of carbonyl (C=O) groups excluding carboxylic acids is 1. The Labute approximate surface area is 226 Å². The average molecular weight is 520 g/mol. The van der Waals surface area contributed by atoms with E-state index in [1.807, 2.05) is 104 Å². The maximum Gasteiger partial charge on any atom is 0.496 e. The number of pyridine rings is 1. The van der Waals surface area contributed by atoms with Crippen LogP contribution in [0, 0.1) is 0 Å². The summed E-state index contributed by atoms with van der Waals surface area (Å²) in [6.45, 7) is 16.4. The third-order valence-electron chi connectivity index (χ3n) is 7.87. The molecule has 0 atom stereocenters. The van der Waals surface area contributed by atoms with Crippen molar-refractivity contribution in [1.82, 2.24) is 10.3 Å². The third kappa shape index (κ3) is 6.15. The zero-order valence-corrected chi connectivity index (χ0v) is 23.7. The number of amides is 1. The van der Waals surface area contributed by atoms with Crippen LogP contribution in [0.2, 0.25) is 0 Å². The molecule has 2 fully saturated rings. The molecule has 38 heavy (non-hydrogen) atoms. The summed E-state index contributed by atoms with van der Waals surface area (Å²) in [5.74, 6) is 0. The first-order valence-corrected chi connectivity index (χ1v) is 13.0. The number of hydrogen-bond acceptors (Lipinski definition) is 7. The van der Waals surface area contributed by atoms with Gasteiger partial charge in [-0.05, 0) is 78.6 Å². The molecule has 1 aromatic heterocycles. The molecule has 0 radical (unpaired) electrons. The number of aromatic nitrogens is 1. The first kappa shape index (κ1) is 28.4. The lowest BCUT2D eigenvalue weighted by Crippen LogP contribution is -2.41. The topological polar surface area (TPSA) is 88.1 Å². The van der Waals surface area contributed by atoms with Crippen molar-refractivity contribution < 1.29 is 28.1 Å². The smallest absolute Gasteiger partial charge is 0.445 e. The molecule has 1 N–H and O–H groups in total. The van der Waals surface area contributed by atoms with E-state index in [1.165, 1.54) is 0 Å². The summed E-state index contributed by atoms with van der Waals surface area (Å²) in [5.41, 5.74) is 1.24. The molecule has 0 bridgehead atoms. The number of hydrogen-bond donors (Lipinski definition) is 1. The van der Waals surface area contributed by atoms with Crippen LogP contribution in [0.1, 0.15) is 66.6 Å². The average Bonchev–Trinajstić information content (AvgIpc) is 3.20. The fourth-order valence-electron chi connectivity index (χ4n) is 3.96. The van der Waals surface area contributed by atoms with Crippen molar-refractivity contribution in [1.29, 1.82) is 0 Å². The molecular formula is C28H38B2N2O6. The number of rotatable bonds is 7. The number of ether oxygens (including phenoxy) is 1. The van der Waals surface area contributed by atoms with E-state index >= 15 is 0 Å². The van der Waals surface area contributed by atoms with Crippen LogP contribution in [0.25, 0.3) is 6.08 Å². The molecule has 4 rings (SSSR count). The Balaban J connectivity index is 1.48. The predicted octanol–water partition coefficient (Wildman–Crippen LogP) is 4.32. The monoisotopic (exact) mass is 520 g/mol. The van der Waals surface area contributed by atoms with Gasteiger partial charge in [0.2, 0.25) is 0 Å². The molecule has 0 aliphatic carbocycles. The van der Waals surface area contributed by atoms with Crippen LogP contribution in [0.4, 0.5) is 4.79 Å². The zero-order valence-electron chi connectivity index (χ0n) is 23.7. The van der Waals surface area contributed by atoms with Crippen LogP contribution >= 0.6 is 0 Å². The van der Waals surface area contributed by atoms with Crippen LogP contribution in [0.3, 0.4) is 0 Å². The number of nitrogens with zero attached hydrogens (tertiary/aromatic N) is 1. The van der Waals surface area contributed by atoms with E-state index < -0.39 is 42.7 Å². The van der Waals surface area contributed by atoms with Gasteiger partial charge >= 0.3 is 20.3 Å². The van der Waals surface area contributed by atoms with E-state index in [0.717, 1.165) is 16.5 Å². The molecule has 0 unspecified atom stereocenters. The Bertz CT molecular complexity index is 1130. The molecule has 2 aliphatic rings. The summed E-state index contributed by atoms with van der Waals surface area (Å²) in [4.78, 5) is 17.1. The SMILES string of the molecule is CC1(C)OB(C(=Cc2ccc(B3OC(C)(C)C(C)(C)O3)cn2)CNC(=O)OCc2ccccc2)OC1(C)C. The molecular weight excluding hydrogens is 482 g/mol. The van der Waals surface area contributed by atoms with Crippen LogP contribution < -0.4 is 10.8 Å². The quantitative estimate of drug-likeness (QED) is 0.545. The molecule has 1 amide bonds. The standard InChI is InChI=1S/C28H38B2N2O6/c1-25(2)26(3,4)36-29(35-25)21-14-15-23(31-17-21)16-22(30-37-27(5,6)28(7,8)38-30)18-32-24(33)34-19-20-12-10-9-11-13-20/h9-17H,18-19H2,1-8H3,(H,32,33). The van der Waals surface area contributed by atoms with Gasteiger partial charge in [0.25, 0.3) is 0 Å². The molecule has 1 aromatic carbocycles. The van der Waals surface area contributed by atoms with Gasteiger partial charge in [-0.3, -0.25) is 4.98 Å². The molecule has 2 aliphatic heterocycles. The minimum atomic E-state index is -0.654. The Morgan fingerprint density at radius 3 is 2.00 bits per heavy atom. The van der Waals surface area contributed by atoms with E-state index in [4.69, 9.17) is 23.4 Å². The van der Waals surface area contributed by atoms with Crippen LogP contribution in [-0.4, -0.2) is 54.3 Å². The van der Waals surface area contributed by atoms with Gasteiger partial charge in [-0.1, -0.05) is 36.4 Å². The lowest BCUT2D eigenvalue weighted by atomic mass is 9.77. The highest BCUT2D eigenvalue weighted by Crippen LogP contribution is 2.39. The number of carbonyl (C=O) groups is 1. The maximum absolute atomic E-state index is 12.5. The first-order valence-electron chi connectivity index (χ1n) is 13.0. The van der Waals surface area contributed by atoms with Gasteiger partial charge in [0, 0.05) is 18.2 Å². The van der Waals surface area contributed by atoms with E-state index in [0.29, 0.717) is 5.69 Å². The molecule has 8 nitrogen and oxygen atoms in total. The third-order valence-corrected chi connectivity index (χ3v) is 7.87. The molecule has 0 spiro atoms. The van der Waals surface area contributed by atoms with Crippen molar-refractivity contribution in [2.75, 3.05) is 6.54 Å². The molecule has 2 saturated heterocycles. The van der Waals surface area contributed by atoms with E-state index in [1.54, 1.807) is 6.20 Å². The molecule has 3 heterocycles. The van der Waals surface area contributed by atoms with Gasteiger partial charge in [0.15, 0.2) is 0 Å². The van der Waals surface area contributed by atoms with Gasteiger partial charge in [0.1, 0.15) is 6.61 Å². The number of benzene rings is 1. The minimum absolute atomic E-state index is 0.172. The number of nitrogens with one attached hydrogen (secondary N) is 1. The van der Waals surface area contributed by atoms with Crippen molar-refractivity contribution in [2.24, 2.45) is 0 Å². The van der Waals surface area contributed by atoms with Crippen molar-refractivity contribution in [3.05, 3.63) is 65.4 Å². The fraction of sp³-hybridized carbons (Fsp3) is 0.500. The fourth-order valence-corrected chi connectivity index (χ4v) is 3.96. The van der Waals surface area contributed by atoms with Gasteiger partial charge in [-0.15, -0.1) is 0 Å². The predicted molar refractivity (Wildman–Crippen MR) is 149 cm³/mol. The summed E-state index contributed by atoms with van der Waals surface area (Å²) in [6, 6.07) is 13.4. The Kier molecular flexibility index (Phi) is 7.83. The van der Waals surface area contributed by atoms with Crippen LogP contribution in [-0.2, 0) is 30.0 Å². The second-order valence-electron chi connectivity index (χ2n) is 11.8. The van der Waals surface area contributed by atoms with E-state index in [9.17, 15) is 4.79 Å². The van der Waals surface area contributed by atoms with Crippen LogP contribution in [0.5, 0.6) is 0 Å². The van der Waals surface area contributed by atoms with Crippen molar-refractivity contribution in [3.63, 3.8) is 0 Å². The van der Waals surface area contributed by atoms with Gasteiger partial charge in [-0.2, -0.15) is 0 Å². The lowest BCUT2D eigenvalue weighted by Gasteiger charge is -2.32. The molecule has 0 saturated carbocycles. The van der Waals surface area contributed by atoms with Crippen molar-refractivity contribution in [2.45, 2.75) is 84.4 Å². The van der Waals surface area contributed by atoms with Crippen molar-refractivity contribution >= 4 is 31.9 Å². The maximum atomic E-state index is 12.5. The minimum Gasteiger partial charge on any atom is -0.445 e. The normalized spacial score (nSPS) is 21.4. The van der Waals surface area contributed by atoms with Gasteiger partial charge < -0.3 is 28.7 Å². The second-order valence-corrected chi connectivity index (χ2v) is 11.8. The lowest BCUT2D eigenvalue weighted by molar-refractivity contribution is 0.00578. The summed E-state index contributed by atoms with van der Waals surface area (Å²) in [5, 5.41) is 2.82. The molecule has 10 heteroatoms. The van der Waals surface area contributed by atoms with Crippen LogP contribution in [0.15, 0.2) is 54.1 Å². The Morgan fingerprint density at radius 2 is 1.45 bits per heavy atom. The second kappa shape index (κ2) is 10.5. The largest absolute Gasteiger partial charge is 0.496 e. The molecule has 202 valence electrons. The highest BCUT2D eigenvalue weighted by atomic mass is 16.7. The van der Waals surface area contributed by atoms with Gasteiger partial charge in [0.05, 0.1) is 28.1 Å². The van der Waals surface area contributed by atoms with E-state index in [2.05, 4.69) is 10.3 Å². The van der Waals surface area contributed by atoms with Crippen molar-refractivity contribution in [3.8, 4) is 0 Å². The van der Waals surface area contributed by atoms with Gasteiger partial charge in [-0.25, -0.2) is 4.79 Å². The first-order chi connectivity index (χ1) is 17.7. The molecule has 2 aromatic rings. The number of alkyl carbamates (subject to hydrolysis) is 1.